The lowest BCUT2D eigenvalue weighted by Crippen LogP contribution is -2.29. The fourth-order valence-electron chi connectivity index (χ4n) is 0.906. The molecule has 0 heterocycles. The molecule has 0 aliphatic heterocycles. The minimum atomic E-state index is -3.83. The van der Waals surface area contributed by atoms with Crippen molar-refractivity contribution < 1.29 is 8.42 Å². The molecule has 1 unspecified atom stereocenters. The van der Waals surface area contributed by atoms with Crippen LogP contribution in [-0.4, -0.2) is 16.9 Å². The highest BCUT2D eigenvalue weighted by atomic mass is 35.6. The third kappa shape index (κ3) is 3.14. The van der Waals surface area contributed by atoms with Crippen LogP contribution in [0.5, 0.6) is 0 Å². The van der Waals surface area contributed by atoms with E-state index in [2.05, 4.69) is 0 Å². The molecule has 0 amide bonds. The van der Waals surface area contributed by atoms with Gasteiger partial charge in [-0.25, -0.2) is 8.42 Å². The van der Waals surface area contributed by atoms with Crippen molar-refractivity contribution >= 4 is 56.2 Å². The van der Waals surface area contributed by atoms with E-state index in [4.69, 9.17) is 46.4 Å². The van der Waals surface area contributed by atoms with Gasteiger partial charge in [0.05, 0.1) is 4.90 Å². The van der Waals surface area contributed by atoms with Gasteiger partial charge < -0.3 is 0 Å². The van der Waals surface area contributed by atoms with Crippen LogP contribution >= 0.6 is 46.4 Å². The molecule has 1 atom stereocenters. The number of hydrogen-bond donors (Lipinski definition) is 0. The van der Waals surface area contributed by atoms with Crippen LogP contribution in [0.4, 0.5) is 0 Å². The molecule has 0 aromatic heterocycles. The van der Waals surface area contributed by atoms with E-state index in [1.807, 2.05) is 0 Å². The van der Waals surface area contributed by atoms with Crippen molar-refractivity contribution in [1.29, 1.82) is 0 Å². The van der Waals surface area contributed by atoms with Crippen LogP contribution in [0.1, 0.15) is 0 Å². The van der Waals surface area contributed by atoms with Crippen molar-refractivity contribution in [3.63, 3.8) is 0 Å². The highest BCUT2D eigenvalue weighted by molar-refractivity contribution is 7.93. The van der Waals surface area contributed by atoms with Crippen LogP contribution in [0.3, 0.4) is 0 Å². The molecule has 0 saturated carbocycles. The van der Waals surface area contributed by atoms with E-state index in [1.54, 1.807) is 18.2 Å². The zero-order chi connectivity index (χ0) is 11.7. The van der Waals surface area contributed by atoms with Gasteiger partial charge in [-0.2, -0.15) is 0 Å². The standard InChI is InChI=1S/C8H6Cl4O2S/c9-7(8(10,11)12)15(13,14)6-4-2-1-3-5-6/h1-5,7H. The molecule has 0 bridgehead atoms. The molecule has 0 saturated heterocycles. The molecule has 0 radical (unpaired) electrons. The summed E-state index contributed by atoms with van der Waals surface area (Å²) >= 11 is 21.9. The summed E-state index contributed by atoms with van der Waals surface area (Å²) < 4.78 is 19.9. The van der Waals surface area contributed by atoms with Crippen molar-refractivity contribution in [2.75, 3.05) is 0 Å². The van der Waals surface area contributed by atoms with Crippen molar-refractivity contribution in [2.24, 2.45) is 0 Å². The summed E-state index contributed by atoms with van der Waals surface area (Å²) in [6.45, 7) is 0. The fraction of sp³-hybridized carbons (Fsp3) is 0.250. The average Bonchev–Trinajstić information content (AvgIpc) is 2.16. The summed E-state index contributed by atoms with van der Waals surface area (Å²) in [5.74, 6) is 0. The Labute approximate surface area is 108 Å². The van der Waals surface area contributed by atoms with Crippen LogP contribution in [0.15, 0.2) is 35.2 Å². The number of alkyl halides is 4. The van der Waals surface area contributed by atoms with E-state index < -0.39 is 18.3 Å². The molecule has 1 aromatic rings. The quantitative estimate of drug-likeness (QED) is 0.785. The van der Waals surface area contributed by atoms with E-state index in [-0.39, 0.29) is 4.90 Å². The largest absolute Gasteiger partial charge is 0.222 e. The Kier molecular flexibility index (Phi) is 4.18. The number of rotatable bonds is 2. The van der Waals surface area contributed by atoms with Crippen molar-refractivity contribution in [3.05, 3.63) is 30.3 Å². The summed E-state index contributed by atoms with van der Waals surface area (Å²) in [5, 5.41) is 0. The van der Waals surface area contributed by atoms with Crippen LogP contribution in [-0.2, 0) is 9.84 Å². The molecule has 0 aliphatic rings. The number of hydrogen-bond acceptors (Lipinski definition) is 2. The highest BCUT2D eigenvalue weighted by Gasteiger charge is 2.41. The van der Waals surface area contributed by atoms with Gasteiger partial charge in [0, 0.05) is 0 Å². The summed E-state index contributed by atoms with van der Waals surface area (Å²) in [7, 11) is -3.83. The molecule has 1 rings (SSSR count). The van der Waals surface area contributed by atoms with E-state index >= 15 is 0 Å². The molecule has 15 heavy (non-hydrogen) atoms. The zero-order valence-electron chi connectivity index (χ0n) is 7.20. The molecular formula is C8H6Cl4O2S. The average molecular weight is 308 g/mol. The Morgan fingerprint density at radius 1 is 1.07 bits per heavy atom. The third-order valence-electron chi connectivity index (χ3n) is 1.60. The minimum Gasteiger partial charge on any atom is -0.222 e. The second-order valence-electron chi connectivity index (χ2n) is 2.72. The first-order valence-electron chi connectivity index (χ1n) is 3.76. The van der Waals surface area contributed by atoms with Gasteiger partial charge in [0.2, 0.25) is 3.79 Å². The van der Waals surface area contributed by atoms with E-state index in [0.717, 1.165) is 0 Å². The smallest absolute Gasteiger partial charge is 0.221 e. The molecule has 2 nitrogen and oxygen atoms in total. The highest BCUT2D eigenvalue weighted by Crippen LogP contribution is 2.39. The Hall–Kier alpha value is 0.330. The normalized spacial score (nSPS) is 14.9. The van der Waals surface area contributed by atoms with Gasteiger partial charge in [0.15, 0.2) is 14.5 Å². The van der Waals surface area contributed by atoms with Crippen LogP contribution in [0, 0.1) is 0 Å². The predicted molar refractivity (Wildman–Crippen MR) is 63.6 cm³/mol. The first-order valence-corrected chi connectivity index (χ1v) is 6.87. The molecule has 0 aliphatic carbocycles. The Bertz CT molecular complexity index is 424. The van der Waals surface area contributed by atoms with Crippen LogP contribution in [0.2, 0.25) is 0 Å². The Morgan fingerprint density at radius 2 is 1.53 bits per heavy atom. The summed E-state index contributed by atoms with van der Waals surface area (Å²) in [6, 6.07) is 7.59. The van der Waals surface area contributed by atoms with Gasteiger partial charge in [-0.3, -0.25) is 0 Å². The van der Waals surface area contributed by atoms with E-state index in [9.17, 15) is 8.42 Å². The topological polar surface area (TPSA) is 34.1 Å². The van der Waals surface area contributed by atoms with E-state index in [1.165, 1.54) is 12.1 Å². The molecule has 84 valence electrons. The van der Waals surface area contributed by atoms with Crippen molar-refractivity contribution in [1.82, 2.24) is 0 Å². The lowest BCUT2D eigenvalue weighted by atomic mass is 10.4. The number of halogens is 4. The van der Waals surface area contributed by atoms with Gasteiger partial charge >= 0.3 is 0 Å². The second kappa shape index (κ2) is 4.68. The monoisotopic (exact) mass is 306 g/mol. The molecule has 7 heteroatoms. The zero-order valence-corrected chi connectivity index (χ0v) is 11.0. The maximum atomic E-state index is 11.8. The van der Waals surface area contributed by atoms with Crippen molar-refractivity contribution in [3.8, 4) is 0 Å². The second-order valence-corrected chi connectivity index (χ2v) is 7.81. The van der Waals surface area contributed by atoms with Gasteiger partial charge in [0.25, 0.3) is 0 Å². The van der Waals surface area contributed by atoms with E-state index in [0.29, 0.717) is 0 Å². The Balaban J connectivity index is 3.16. The minimum absolute atomic E-state index is 0.0244. The Morgan fingerprint density at radius 3 is 1.93 bits per heavy atom. The molecule has 1 aromatic carbocycles. The van der Waals surface area contributed by atoms with Gasteiger partial charge in [-0.15, -0.1) is 11.6 Å². The summed E-state index contributed by atoms with van der Waals surface area (Å²) in [6.07, 6.45) is 0. The summed E-state index contributed by atoms with van der Waals surface area (Å²) in [4.78, 5) is 0.0244. The molecule has 0 fully saturated rings. The predicted octanol–water partition coefficient (Wildman–Crippen LogP) is 3.40. The lowest BCUT2D eigenvalue weighted by molar-refractivity contribution is 0.592. The molecule has 0 N–H and O–H groups in total. The maximum absolute atomic E-state index is 11.8. The first kappa shape index (κ1) is 13.4. The molecule has 0 spiro atoms. The fourth-order valence-corrected chi connectivity index (χ4v) is 3.40. The van der Waals surface area contributed by atoms with Crippen LogP contribution < -0.4 is 0 Å². The first-order chi connectivity index (χ1) is 6.76. The van der Waals surface area contributed by atoms with Gasteiger partial charge in [0.1, 0.15) is 0 Å². The number of sulfone groups is 1. The summed E-state index contributed by atoms with van der Waals surface area (Å²) in [5.41, 5.74) is 0. The SMILES string of the molecule is O=S(=O)(c1ccccc1)C(Cl)C(Cl)(Cl)Cl. The van der Waals surface area contributed by atoms with Gasteiger partial charge in [-0.05, 0) is 12.1 Å². The van der Waals surface area contributed by atoms with Crippen molar-refractivity contribution in [2.45, 2.75) is 13.4 Å². The molecular weight excluding hydrogens is 302 g/mol. The lowest BCUT2D eigenvalue weighted by Gasteiger charge is -2.18. The maximum Gasteiger partial charge on any atom is 0.221 e. The third-order valence-corrected chi connectivity index (χ3v) is 5.84. The van der Waals surface area contributed by atoms with Crippen LogP contribution in [0.25, 0.3) is 0 Å². The van der Waals surface area contributed by atoms with Gasteiger partial charge in [-0.1, -0.05) is 53.0 Å². The number of benzene rings is 1.